The third-order valence-electron chi connectivity index (χ3n) is 21.7. The van der Waals surface area contributed by atoms with Crippen molar-refractivity contribution in [3.8, 4) is 135 Å². The molecule has 0 unspecified atom stereocenters. The number of fused-ring (bicyclic) bond motifs is 6. The minimum atomic E-state index is -0.456. The molecule has 0 aliphatic heterocycles. The van der Waals surface area contributed by atoms with Gasteiger partial charge < -0.3 is 0 Å². The van der Waals surface area contributed by atoms with Gasteiger partial charge in [0, 0.05) is 33.4 Å². The Bertz CT molecular complexity index is 6070. The first-order chi connectivity index (χ1) is 54.6. The van der Waals surface area contributed by atoms with Gasteiger partial charge in [0.2, 0.25) is 0 Å². The molecule has 0 fully saturated rings. The highest BCUT2D eigenvalue weighted by Gasteiger charge is 2.48. The molecule has 516 valence electrons. The quantitative estimate of drug-likeness (QED) is 0.108. The van der Waals surface area contributed by atoms with Crippen LogP contribution in [-0.4, -0.2) is 29.9 Å². The summed E-state index contributed by atoms with van der Waals surface area (Å²) in [5, 5.41) is 0. The summed E-state index contributed by atoms with van der Waals surface area (Å²) in [7, 11) is 0. The minimum absolute atomic E-state index is 0.456. The molecule has 2 aromatic heterocycles. The van der Waals surface area contributed by atoms with E-state index in [0.29, 0.717) is 34.9 Å². The lowest BCUT2D eigenvalue weighted by Crippen LogP contribution is -2.28. The Morgan fingerprint density at radius 2 is 0.373 bits per heavy atom. The van der Waals surface area contributed by atoms with Gasteiger partial charge in [-0.2, -0.15) is 0 Å². The van der Waals surface area contributed by atoms with Gasteiger partial charge in [-0.25, -0.2) is 29.9 Å². The molecule has 2 aliphatic rings. The van der Waals surface area contributed by atoms with Crippen molar-refractivity contribution in [2.45, 2.75) is 10.8 Å². The average Bonchev–Trinajstić information content (AvgIpc) is 1.55. The summed E-state index contributed by atoms with van der Waals surface area (Å²) in [6, 6.07) is 151. The molecule has 0 atom stereocenters. The van der Waals surface area contributed by atoms with Crippen LogP contribution in [-0.2, 0) is 10.8 Å². The van der Waals surface area contributed by atoms with Crippen LogP contribution in [0, 0.1) is 0 Å². The van der Waals surface area contributed by atoms with Gasteiger partial charge in [-0.3, -0.25) is 0 Å². The number of rotatable bonds is 14. The maximum Gasteiger partial charge on any atom is 0.164 e. The van der Waals surface area contributed by atoms with Crippen molar-refractivity contribution >= 4 is 0 Å². The van der Waals surface area contributed by atoms with E-state index in [9.17, 15) is 0 Å². The van der Waals surface area contributed by atoms with Crippen LogP contribution in [0.15, 0.2) is 425 Å². The maximum atomic E-state index is 4.97. The summed E-state index contributed by atoms with van der Waals surface area (Å²) in [6.45, 7) is 0. The number of aromatic nitrogens is 6. The Kier molecular flexibility index (Phi) is 17.3. The van der Waals surface area contributed by atoms with Crippen molar-refractivity contribution in [2.75, 3.05) is 0 Å². The van der Waals surface area contributed by atoms with Crippen LogP contribution in [0.3, 0.4) is 0 Å². The van der Waals surface area contributed by atoms with Gasteiger partial charge in [0.25, 0.3) is 0 Å². The van der Waals surface area contributed by atoms with Gasteiger partial charge in [0.05, 0.1) is 10.8 Å². The standard InChI is InChI=1S/2C52H35N3/c1-5-18-37(19-6-1)49-53-50(38-20-7-2-8-21-38)55-51(54-49)39-34-32-36(33-35-39)42-26-13-14-27-43(42)44-29-17-31-47-48(44)45-28-15-16-30-46(45)52(47,40-22-9-3-10-23-40)41-24-11-4-12-25-41;1-5-17-37(18-6-1)49-53-50(38-19-7-2-8-20-38)55-51(54-49)39-31-29-36(30-32-39)43-25-13-14-26-44(43)40-33-34-46-45-27-15-16-28-47(45)52(48(46)35-40,41-21-9-3-10-22-41)42-23-11-4-12-24-42/h2*1-35H. The molecule has 0 amide bonds. The van der Waals surface area contributed by atoms with Gasteiger partial charge in [-0.05, 0) is 117 Å². The molecule has 20 rings (SSSR count). The third kappa shape index (κ3) is 11.8. The molecule has 18 aromatic rings. The normalized spacial score (nSPS) is 12.5. The fraction of sp³-hybridized carbons (Fsp3) is 0.0192. The Labute approximate surface area is 640 Å². The van der Waals surface area contributed by atoms with Crippen LogP contribution >= 0.6 is 0 Å². The highest BCUT2D eigenvalue weighted by atomic mass is 15.0. The lowest BCUT2D eigenvalue weighted by atomic mass is 9.67. The average molecular weight is 1400 g/mol. The van der Waals surface area contributed by atoms with E-state index in [1.807, 2.05) is 121 Å². The van der Waals surface area contributed by atoms with Crippen molar-refractivity contribution in [3.05, 3.63) is 469 Å². The first-order valence-corrected chi connectivity index (χ1v) is 37.4. The van der Waals surface area contributed by atoms with Crippen molar-refractivity contribution in [1.29, 1.82) is 0 Å². The van der Waals surface area contributed by atoms with E-state index < -0.39 is 10.8 Å². The van der Waals surface area contributed by atoms with Gasteiger partial charge in [-0.1, -0.05) is 419 Å². The smallest absolute Gasteiger partial charge is 0.164 e. The van der Waals surface area contributed by atoms with Crippen LogP contribution in [0.1, 0.15) is 44.5 Å². The Hall–Kier alpha value is -14.5. The topological polar surface area (TPSA) is 77.3 Å². The molecule has 2 aliphatic carbocycles. The summed E-state index contributed by atoms with van der Waals surface area (Å²) in [6.07, 6.45) is 0. The number of benzene rings is 16. The SMILES string of the molecule is c1ccc(-c2nc(-c3ccccc3)nc(-c3ccc(-c4ccccc4-c4ccc5c(c4)C(c4ccccc4)(c4ccccc4)c4ccccc4-5)cc3)n2)cc1.c1ccc(-c2nc(-c3ccccc3)nc(-c3ccc(-c4ccccc4-c4cccc5c4-c4ccccc4C5(c4ccccc4)c4ccccc4)cc3)n2)cc1. The molecule has 0 saturated carbocycles. The lowest BCUT2D eigenvalue weighted by molar-refractivity contribution is 0.768. The van der Waals surface area contributed by atoms with Crippen LogP contribution in [0.25, 0.3) is 135 Å². The number of hydrogen-bond acceptors (Lipinski definition) is 6. The van der Waals surface area contributed by atoms with Gasteiger partial charge >= 0.3 is 0 Å². The molecule has 2 heterocycles. The molecule has 0 radical (unpaired) electrons. The Balaban J connectivity index is 0.000000149. The molecule has 6 heteroatoms. The van der Waals surface area contributed by atoms with E-state index in [2.05, 4.69) is 303 Å². The molecule has 0 saturated heterocycles. The van der Waals surface area contributed by atoms with E-state index in [1.54, 1.807) is 0 Å². The van der Waals surface area contributed by atoms with Crippen LogP contribution in [0.5, 0.6) is 0 Å². The number of hydrogen-bond donors (Lipinski definition) is 0. The van der Waals surface area contributed by atoms with Gasteiger partial charge in [-0.15, -0.1) is 0 Å². The van der Waals surface area contributed by atoms with E-state index in [1.165, 1.54) is 100 Å². The second-order valence-corrected chi connectivity index (χ2v) is 27.9. The lowest BCUT2D eigenvalue weighted by Gasteiger charge is -2.34. The van der Waals surface area contributed by atoms with Crippen LogP contribution in [0.2, 0.25) is 0 Å². The second-order valence-electron chi connectivity index (χ2n) is 27.9. The third-order valence-corrected chi connectivity index (χ3v) is 21.7. The molecule has 6 nitrogen and oxygen atoms in total. The fourth-order valence-electron chi connectivity index (χ4n) is 16.8. The Morgan fingerprint density at radius 1 is 0.136 bits per heavy atom. The van der Waals surface area contributed by atoms with Gasteiger partial charge in [0.1, 0.15) is 0 Å². The van der Waals surface area contributed by atoms with E-state index in [-0.39, 0.29) is 0 Å². The Morgan fingerprint density at radius 3 is 0.755 bits per heavy atom. The monoisotopic (exact) mass is 1400 g/mol. The highest BCUT2D eigenvalue weighted by Crippen LogP contribution is 2.60. The highest BCUT2D eigenvalue weighted by molar-refractivity contribution is 5.99. The summed E-state index contributed by atoms with van der Waals surface area (Å²) in [5.74, 6) is 3.89. The van der Waals surface area contributed by atoms with E-state index >= 15 is 0 Å². The molecular weight excluding hydrogens is 1330 g/mol. The van der Waals surface area contributed by atoms with Crippen molar-refractivity contribution in [1.82, 2.24) is 29.9 Å². The zero-order valence-electron chi connectivity index (χ0n) is 60.1. The molecule has 16 aromatic carbocycles. The van der Waals surface area contributed by atoms with Gasteiger partial charge in [0.15, 0.2) is 34.9 Å². The summed E-state index contributed by atoms with van der Waals surface area (Å²) >= 11 is 0. The predicted octanol–water partition coefficient (Wildman–Crippen LogP) is 25.1. The van der Waals surface area contributed by atoms with Crippen LogP contribution in [0.4, 0.5) is 0 Å². The van der Waals surface area contributed by atoms with Crippen molar-refractivity contribution < 1.29 is 0 Å². The number of nitrogens with zero attached hydrogens (tertiary/aromatic N) is 6. The molecule has 0 bridgehead atoms. The molecular formula is C104H70N6. The second kappa shape index (κ2) is 28.8. The fourth-order valence-corrected chi connectivity index (χ4v) is 16.8. The van der Waals surface area contributed by atoms with E-state index in [0.717, 1.165) is 44.5 Å². The van der Waals surface area contributed by atoms with E-state index in [4.69, 9.17) is 29.9 Å². The van der Waals surface area contributed by atoms with Crippen molar-refractivity contribution in [2.24, 2.45) is 0 Å². The first-order valence-electron chi connectivity index (χ1n) is 37.4. The molecule has 110 heavy (non-hydrogen) atoms. The summed E-state index contributed by atoms with van der Waals surface area (Å²) in [4.78, 5) is 29.6. The maximum absolute atomic E-state index is 4.97. The zero-order chi connectivity index (χ0) is 73.2. The van der Waals surface area contributed by atoms with Crippen LogP contribution < -0.4 is 0 Å². The molecule has 0 N–H and O–H groups in total. The largest absolute Gasteiger partial charge is 0.208 e. The predicted molar refractivity (Wildman–Crippen MR) is 449 cm³/mol. The molecule has 0 spiro atoms. The minimum Gasteiger partial charge on any atom is -0.208 e. The summed E-state index contributed by atoms with van der Waals surface area (Å²) < 4.78 is 0. The first kappa shape index (κ1) is 66.2. The zero-order valence-corrected chi connectivity index (χ0v) is 60.1. The van der Waals surface area contributed by atoms with Crippen molar-refractivity contribution in [3.63, 3.8) is 0 Å². The summed E-state index contributed by atoms with van der Waals surface area (Å²) in [5.41, 5.74) is 29.5.